The summed E-state index contributed by atoms with van der Waals surface area (Å²) in [5.74, 6) is -0.481. The van der Waals surface area contributed by atoms with E-state index in [1.165, 1.54) is 14.0 Å². The summed E-state index contributed by atoms with van der Waals surface area (Å²) in [4.78, 5) is 26.3. The van der Waals surface area contributed by atoms with Gasteiger partial charge in [-0.1, -0.05) is 0 Å². The summed E-state index contributed by atoms with van der Waals surface area (Å²) in [5.41, 5.74) is 0.207. The van der Waals surface area contributed by atoms with E-state index < -0.39 is 0 Å². The van der Waals surface area contributed by atoms with Crippen LogP contribution in [0.25, 0.3) is 0 Å². The standard InChI is InChI=1S/C10H13NO3/c1-6(12)10(11-2)9-7(13)4-3-5-8(9)14/h13H,3-5H2,1-2H3. The van der Waals surface area contributed by atoms with E-state index in [1.807, 2.05) is 0 Å². The minimum Gasteiger partial charge on any atom is -0.511 e. The third-order valence-electron chi connectivity index (χ3n) is 2.18. The molecule has 0 saturated heterocycles. The van der Waals surface area contributed by atoms with Crippen molar-refractivity contribution in [2.75, 3.05) is 7.05 Å². The monoisotopic (exact) mass is 195 g/mol. The van der Waals surface area contributed by atoms with Crippen LogP contribution in [0.15, 0.2) is 16.3 Å². The average Bonchev–Trinajstić information content (AvgIpc) is 2.10. The summed E-state index contributed by atoms with van der Waals surface area (Å²) in [6.07, 6.45) is 1.47. The summed E-state index contributed by atoms with van der Waals surface area (Å²) in [6, 6.07) is 0. The lowest BCUT2D eigenvalue weighted by molar-refractivity contribution is -0.116. The van der Waals surface area contributed by atoms with Crippen molar-refractivity contribution in [1.29, 1.82) is 0 Å². The Morgan fingerprint density at radius 1 is 1.43 bits per heavy atom. The highest BCUT2D eigenvalue weighted by Crippen LogP contribution is 2.21. The summed E-state index contributed by atoms with van der Waals surface area (Å²) in [7, 11) is 1.44. The van der Waals surface area contributed by atoms with Gasteiger partial charge < -0.3 is 5.11 Å². The van der Waals surface area contributed by atoms with Crippen LogP contribution in [0.4, 0.5) is 0 Å². The number of aliphatic hydroxyl groups is 1. The first-order valence-electron chi connectivity index (χ1n) is 4.51. The molecule has 1 N–H and O–H groups in total. The molecule has 4 nitrogen and oxygen atoms in total. The fraction of sp³-hybridized carbons (Fsp3) is 0.500. The second kappa shape index (κ2) is 4.17. The van der Waals surface area contributed by atoms with Crippen molar-refractivity contribution in [1.82, 2.24) is 0 Å². The van der Waals surface area contributed by atoms with E-state index in [0.717, 1.165) is 0 Å². The van der Waals surface area contributed by atoms with Crippen molar-refractivity contribution in [3.63, 3.8) is 0 Å². The summed E-state index contributed by atoms with van der Waals surface area (Å²) >= 11 is 0. The molecule has 0 atom stereocenters. The Balaban J connectivity index is 3.16. The molecule has 1 rings (SSSR count). The first kappa shape index (κ1) is 10.6. The van der Waals surface area contributed by atoms with Crippen LogP contribution in [0.3, 0.4) is 0 Å². The highest BCUT2D eigenvalue weighted by Gasteiger charge is 2.26. The number of nitrogens with zero attached hydrogens (tertiary/aromatic N) is 1. The largest absolute Gasteiger partial charge is 0.511 e. The van der Waals surface area contributed by atoms with Gasteiger partial charge in [0.05, 0.1) is 5.57 Å². The zero-order chi connectivity index (χ0) is 10.7. The van der Waals surface area contributed by atoms with Gasteiger partial charge in [-0.3, -0.25) is 14.6 Å². The summed E-state index contributed by atoms with van der Waals surface area (Å²) < 4.78 is 0. The van der Waals surface area contributed by atoms with Gasteiger partial charge in [-0.15, -0.1) is 0 Å². The number of hydrogen-bond acceptors (Lipinski definition) is 4. The van der Waals surface area contributed by atoms with Crippen LogP contribution in [-0.4, -0.2) is 29.4 Å². The zero-order valence-corrected chi connectivity index (χ0v) is 8.33. The number of Topliss-reactive ketones (excluding diaryl/α,β-unsaturated/α-hetero) is 2. The van der Waals surface area contributed by atoms with Crippen LogP contribution in [0.2, 0.25) is 0 Å². The van der Waals surface area contributed by atoms with E-state index in [2.05, 4.69) is 4.99 Å². The Labute approximate surface area is 82.3 Å². The topological polar surface area (TPSA) is 66.7 Å². The van der Waals surface area contributed by atoms with Crippen LogP contribution >= 0.6 is 0 Å². The number of carbonyl (C=O) groups excluding carboxylic acids is 2. The van der Waals surface area contributed by atoms with Crippen molar-refractivity contribution in [2.24, 2.45) is 4.99 Å². The van der Waals surface area contributed by atoms with Gasteiger partial charge in [0.2, 0.25) is 0 Å². The van der Waals surface area contributed by atoms with Gasteiger partial charge in [-0.05, 0) is 6.42 Å². The van der Waals surface area contributed by atoms with E-state index >= 15 is 0 Å². The van der Waals surface area contributed by atoms with E-state index in [4.69, 9.17) is 0 Å². The lowest BCUT2D eigenvalue weighted by atomic mass is 9.91. The van der Waals surface area contributed by atoms with E-state index in [-0.39, 0.29) is 28.6 Å². The Kier molecular flexibility index (Phi) is 3.17. The molecule has 0 radical (unpaired) electrons. The predicted octanol–water partition coefficient (Wildman–Crippen LogP) is 1.21. The molecule has 0 fully saturated rings. The molecular weight excluding hydrogens is 182 g/mol. The molecule has 4 heteroatoms. The smallest absolute Gasteiger partial charge is 0.178 e. The molecule has 0 unspecified atom stereocenters. The highest BCUT2D eigenvalue weighted by atomic mass is 16.3. The molecule has 0 spiro atoms. The molecule has 76 valence electrons. The van der Waals surface area contributed by atoms with Crippen molar-refractivity contribution >= 4 is 17.3 Å². The quantitative estimate of drug-likeness (QED) is 0.673. The minimum absolute atomic E-state index is 0.00273. The maximum Gasteiger partial charge on any atom is 0.178 e. The molecular formula is C10H13NO3. The number of hydrogen-bond donors (Lipinski definition) is 1. The Hall–Kier alpha value is -1.45. The van der Waals surface area contributed by atoms with Crippen molar-refractivity contribution < 1.29 is 14.7 Å². The lowest BCUT2D eigenvalue weighted by Crippen LogP contribution is -2.24. The maximum atomic E-state index is 11.5. The van der Waals surface area contributed by atoms with Gasteiger partial charge in [0, 0.05) is 26.8 Å². The fourth-order valence-electron chi connectivity index (χ4n) is 1.54. The number of aliphatic hydroxyl groups excluding tert-OH is 1. The van der Waals surface area contributed by atoms with E-state index in [1.54, 1.807) is 0 Å². The maximum absolute atomic E-state index is 11.5. The third kappa shape index (κ3) is 1.89. The first-order chi connectivity index (χ1) is 6.57. The first-order valence-corrected chi connectivity index (χ1v) is 4.51. The molecule has 0 aromatic carbocycles. The van der Waals surface area contributed by atoms with Gasteiger partial charge >= 0.3 is 0 Å². The van der Waals surface area contributed by atoms with Crippen LogP contribution in [0.1, 0.15) is 26.2 Å². The van der Waals surface area contributed by atoms with Crippen molar-refractivity contribution in [3.05, 3.63) is 11.3 Å². The molecule has 0 bridgehead atoms. The molecule has 0 aromatic heterocycles. The zero-order valence-electron chi connectivity index (χ0n) is 8.33. The highest BCUT2D eigenvalue weighted by molar-refractivity contribution is 6.51. The molecule has 1 aliphatic carbocycles. The third-order valence-corrected chi connectivity index (χ3v) is 2.18. The van der Waals surface area contributed by atoms with Gasteiger partial charge in [0.25, 0.3) is 0 Å². The summed E-state index contributed by atoms with van der Waals surface area (Å²) in [6.45, 7) is 1.34. The van der Waals surface area contributed by atoms with Gasteiger partial charge in [0.1, 0.15) is 11.5 Å². The second-order valence-corrected chi connectivity index (χ2v) is 3.23. The Morgan fingerprint density at radius 3 is 2.50 bits per heavy atom. The predicted molar refractivity (Wildman–Crippen MR) is 52.6 cm³/mol. The summed E-state index contributed by atoms with van der Waals surface area (Å²) in [5, 5.41) is 9.52. The molecule has 0 aliphatic heterocycles. The van der Waals surface area contributed by atoms with Crippen LogP contribution in [0, 0.1) is 0 Å². The average molecular weight is 195 g/mol. The molecule has 0 aromatic rings. The molecule has 0 heterocycles. The number of aliphatic imine (C=N–C) groups is 1. The number of carbonyl (C=O) groups is 2. The fourth-order valence-corrected chi connectivity index (χ4v) is 1.54. The molecule has 1 aliphatic rings. The van der Waals surface area contributed by atoms with Crippen molar-refractivity contribution in [2.45, 2.75) is 26.2 Å². The van der Waals surface area contributed by atoms with E-state index in [0.29, 0.717) is 19.3 Å². The molecule has 14 heavy (non-hydrogen) atoms. The Morgan fingerprint density at radius 2 is 2.07 bits per heavy atom. The lowest BCUT2D eigenvalue weighted by Gasteiger charge is -2.14. The van der Waals surface area contributed by atoms with E-state index in [9.17, 15) is 14.7 Å². The molecule has 0 saturated carbocycles. The SMILES string of the molecule is CN=C(C(C)=O)C1=C(O)CCCC1=O. The second-order valence-electron chi connectivity index (χ2n) is 3.23. The van der Waals surface area contributed by atoms with Crippen molar-refractivity contribution in [3.8, 4) is 0 Å². The van der Waals surface area contributed by atoms with Crippen LogP contribution in [0.5, 0.6) is 0 Å². The number of ketones is 2. The van der Waals surface area contributed by atoms with Crippen LogP contribution < -0.4 is 0 Å². The number of allylic oxidation sites excluding steroid dienone is 2. The molecule has 0 amide bonds. The van der Waals surface area contributed by atoms with Gasteiger partial charge in [-0.2, -0.15) is 0 Å². The van der Waals surface area contributed by atoms with Gasteiger partial charge in [-0.25, -0.2) is 0 Å². The Bertz CT molecular complexity index is 339. The van der Waals surface area contributed by atoms with Crippen LogP contribution in [-0.2, 0) is 9.59 Å². The number of rotatable bonds is 2. The normalized spacial score (nSPS) is 18.7. The van der Waals surface area contributed by atoms with Gasteiger partial charge in [0.15, 0.2) is 11.6 Å². The minimum atomic E-state index is -0.288.